The van der Waals surface area contributed by atoms with E-state index in [0.717, 1.165) is 25.9 Å². The third-order valence-corrected chi connectivity index (χ3v) is 4.26. The molecule has 17 heavy (non-hydrogen) atoms. The summed E-state index contributed by atoms with van der Waals surface area (Å²) in [6.45, 7) is 6.75. The minimum Gasteiger partial charge on any atom is -0.396 e. The Labute approximate surface area is 106 Å². The van der Waals surface area contributed by atoms with E-state index in [2.05, 4.69) is 19.2 Å². The van der Waals surface area contributed by atoms with Gasteiger partial charge in [-0.1, -0.05) is 20.3 Å². The minimum atomic E-state index is 0.156. The standard InChI is InChI=1S/C14H30N2O/c1-13(2)6-5-7-14(12-15,9-8-13)16-10-3-4-11-17/h16-17H,3-12,15H2,1-2H3. The average Bonchev–Trinajstić information content (AvgIpc) is 2.45. The molecule has 3 nitrogen and oxygen atoms in total. The van der Waals surface area contributed by atoms with E-state index in [4.69, 9.17) is 10.8 Å². The molecule has 0 aromatic heterocycles. The molecule has 0 aromatic carbocycles. The zero-order valence-corrected chi connectivity index (χ0v) is 11.6. The van der Waals surface area contributed by atoms with Gasteiger partial charge < -0.3 is 16.2 Å². The molecule has 0 amide bonds. The summed E-state index contributed by atoms with van der Waals surface area (Å²) in [5.41, 5.74) is 6.63. The highest BCUT2D eigenvalue weighted by Gasteiger charge is 2.33. The molecule has 102 valence electrons. The number of hydrogen-bond donors (Lipinski definition) is 3. The molecular weight excluding hydrogens is 212 g/mol. The molecule has 1 aliphatic rings. The number of rotatable bonds is 6. The van der Waals surface area contributed by atoms with Gasteiger partial charge in [0.05, 0.1) is 0 Å². The number of nitrogens with one attached hydrogen (secondary N) is 1. The third kappa shape index (κ3) is 4.94. The number of aliphatic hydroxyl groups is 1. The van der Waals surface area contributed by atoms with Crippen molar-refractivity contribution in [2.24, 2.45) is 11.1 Å². The third-order valence-electron chi connectivity index (χ3n) is 4.26. The van der Waals surface area contributed by atoms with E-state index in [1.165, 1.54) is 32.1 Å². The summed E-state index contributed by atoms with van der Waals surface area (Å²) in [5.74, 6) is 0. The Balaban J connectivity index is 2.44. The second-order valence-electron chi connectivity index (χ2n) is 6.36. The normalized spacial score (nSPS) is 28.9. The molecule has 4 N–H and O–H groups in total. The Morgan fingerprint density at radius 2 is 1.88 bits per heavy atom. The van der Waals surface area contributed by atoms with Crippen molar-refractivity contribution in [1.82, 2.24) is 5.32 Å². The minimum absolute atomic E-state index is 0.156. The fourth-order valence-corrected chi connectivity index (χ4v) is 2.78. The molecule has 1 atom stereocenters. The van der Waals surface area contributed by atoms with Crippen LogP contribution < -0.4 is 11.1 Å². The van der Waals surface area contributed by atoms with Crippen molar-refractivity contribution < 1.29 is 5.11 Å². The Kier molecular flexibility index (Phi) is 5.90. The first kappa shape index (κ1) is 14.9. The maximum atomic E-state index is 8.79. The molecule has 0 aliphatic heterocycles. The van der Waals surface area contributed by atoms with Crippen molar-refractivity contribution >= 4 is 0 Å². The lowest BCUT2D eigenvalue weighted by molar-refractivity contribution is 0.254. The monoisotopic (exact) mass is 242 g/mol. The molecule has 1 rings (SSSR count). The lowest BCUT2D eigenvalue weighted by atomic mass is 9.83. The van der Waals surface area contributed by atoms with Crippen LogP contribution in [0.25, 0.3) is 0 Å². The van der Waals surface area contributed by atoms with Gasteiger partial charge in [0.15, 0.2) is 0 Å². The summed E-state index contributed by atoms with van der Waals surface area (Å²) in [6, 6.07) is 0. The van der Waals surface area contributed by atoms with Crippen LogP contribution in [-0.2, 0) is 0 Å². The van der Waals surface area contributed by atoms with Gasteiger partial charge in [0.1, 0.15) is 0 Å². The number of unbranched alkanes of at least 4 members (excludes halogenated alkanes) is 1. The van der Waals surface area contributed by atoms with Gasteiger partial charge in [-0.25, -0.2) is 0 Å². The highest BCUT2D eigenvalue weighted by molar-refractivity contribution is 4.93. The van der Waals surface area contributed by atoms with Crippen LogP contribution in [0.5, 0.6) is 0 Å². The molecule has 1 unspecified atom stereocenters. The number of hydrogen-bond acceptors (Lipinski definition) is 3. The molecule has 0 radical (unpaired) electrons. The Morgan fingerprint density at radius 3 is 2.53 bits per heavy atom. The summed E-state index contributed by atoms with van der Waals surface area (Å²) in [4.78, 5) is 0. The van der Waals surface area contributed by atoms with Gasteiger partial charge in [-0.15, -0.1) is 0 Å². The zero-order chi connectivity index (χ0) is 12.8. The van der Waals surface area contributed by atoms with Crippen LogP contribution in [0.4, 0.5) is 0 Å². The van der Waals surface area contributed by atoms with Crippen molar-refractivity contribution in [1.29, 1.82) is 0 Å². The predicted molar refractivity (Wildman–Crippen MR) is 73.0 cm³/mol. The van der Waals surface area contributed by atoms with Crippen molar-refractivity contribution in [2.45, 2.75) is 64.3 Å². The first-order valence-electron chi connectivity index (χ1n) is 7.10. The maximum absolute atomic E-state index is 8.79. The molecule has 1 aliphatic carbocycles. The number of aliphatic hydroxyl groups excluding tert-OH is 1. The van der Waals surface area contributed by atoms with Crippen LogP contribution in [0, 0.1) is 5.41 Å². The smallest absolute Gasteiger partial charge is 0.0431 e. The van der Waals surface area contributed by atoms with Crippen molar-refractivity contribution in [3.63, 3.8) is 0 Å². The summed E-state index contributed by atoms with van der Waals surface area (Å²) >= 11 is 0. The first-order chi connectivity index (χ1) is 8.04. The van der Waals surface area contributed by atoms with E-state index < -0.39 is 0 Å². The van der Waals surface area contributed by atoms with Crippen LogP contribution in [0.15, 0.2) is 0 Å². The van der Waals surface area contributed by atoms with E-state index in [-0.39, 0.29) is 5.54 Å². The van der Waals surface area contributed by atoms with Gasteiger partial charge >= 0.3 is 0 Å². The Bertz CT molecular complexity index is 218. The fourth-order valence-electron chi connectivity index (χ4n) is 2.78. The summed E-state index contributed by atoms with van der Waals surface area (Å²) < 4.78 is 0. The molecule has 0 saturated heterocycles. The van der Waals surface area contributed by atoms with Crippen molar-refractivity contribution in [2.75, 3.05) is 19.7 Å². The molecule has 0 bridgehead atoms. The van der Waals surface area contributed by atoms with E-state index >= 15 is 0 Å². The number of nitrogens with two attached hydrogens (primary N) is 1. The molecular formula is C14H30N2O. The van der Waals surface area contributed by atoms with Crippen molar-refractivity contribution in [3.05, 3.63) is 0 Å². The van der Waals surface area contributed by atoms with Gasteiger partial charge in [-0.05, 0) is 50.5 Å². The van der Waals surface area contributed by atoms with Gasteiger partial charge in [0.2, 0.25) is 0 Å². The Hall–Kier alpha value is -0.120. The van der Waals surface area contributed by atoms with E-state index in [0.29, 0.717) is 12.0 Å². The second kappa shape index (κ2) is 6.72. The van der Waals surface area contributed by atoms with E-state index in [9.17, 15) is 0 Å². The summed E-state index contributed by atoms with van der Waals surface area (Å²) in [7, 11) is 0. The van der Waals surface area contributed by atoms with E-state index in [1.807, 2.05) is 0 Å². The zero-order valence-electron chi connectivity index (χ0n) is 11.6. The van der Waals surface area contributed by atoms with Crippen LogP contribution in [-0.4, -0.2) is 30.3 Å². The lowest BCUT2D eigenvalue weighted by Crippen LogP contribution is -2.51. The maximum Gasteiger partial charge on any atom is 0.0431 e. The van der Waals surface area contributed by atoms with Crippen LogP contribution in [0.1, 0.15) is 58.8 Å². The van der Waals surface area contributed by atoms with Crippen LogP contribution in [0.2, 0.25) is 0 Å². The molecule has 0 heterocycles. The Morgan fingerprint density at radius 1 is 1.12 bits per heavy atom. The van der Waals surface area contributed by atoms with Crippen LogP contribution in [0.3, 0.4) is 0 Å². The summed E-state index contributed by atoms with van der Waals surface area (Å²) in [5, 5.41) is 12.4. The average molecular weight is 242 g/mol. The van der Waals surface area contributed by atoms with Gasteiger partial charge in [-0.3, -0.25) is 0 Å². The van der Waals surface area contributed by atoms with E-state index in [1.54, 1.807) is 0 Å². The van der Waals surface area contributed by atoms with Crippen molar-refractivity contribution in [3.8, 4) is 0 Å². The SMILES string of the molecule is CC1(C)CCCC(CN)(NCCCCO)CC1. The molecule has 0 aromatic rings. The first-order valence-corrected chi connectivity index (χ1v) is 7.10. The fraction of sp³-hybridized carbons (Fsp3) is 1.00. The molecule has 1 fully saturated rings. The second-order valence-corrected chi connectivity index (χ2v) is 6.36. The quantitative estimate of drug-likeness (QED) is 0.493. The van der Waals surface area contributed by atoms with Gasteiger partial charge in [-0.2, -0.15) is 0 Å². The molecule has 3 heteroatoms. The highest BCUT2D eigenvalue weighted by atomic mass is 16.2. The predicted octanol–water partition coefficient (Wildman–Crippen LogP) is 2.04. The van der Waals surface area contributed by atoms with Gasteiger partial charge in [0, 0.05) is 18.7 Å². The van der Waals surface area contributed by atoms with Gasteiger partial charge in [0.25, 0.3) is 0 Å². The topological polar surface area (TPSA) is 58.3 Å². The van der Waals surface area contributed by atoms with Crippen LogP contribution >= 0.6 is 0 Å². The largest absolute Gasteiger partial charge is 0.396 e. The summed E-state index contributed by atoms with van der Waals surface area (Å²) in [6.07, 6.45) is 8.17. The highest BCUT2D eigenvalue weighted by Crippen LogP contribution is 2.37. The lowest BCUT2D eigenvalue weighted by Gasteiger charge is -2.33. The molecule has 1 saturated carbocycles. The molecule has 0 spiro atoms.